The molecule has 4 aromatic rings. The van der Waals surface area contributed by atoms with Crippen LogP contribution in [0.3, 0.4) is 0 Å². The van der Waals surface area contributed by atoms with Crippen LogP contribution in [-0.2, 0) is 51.3 Å². The van der Waals surface area contributed by atoms with Crippen molar-refractivity contribution in [1.29, 1.82) is 0 Å². The minimum absolute atomic E-state index is 0.00275. The molecule has 1 aliphatic carbocycles. The van der Waals surface area contributed by atoms with Gasteiger partial charge in [-0.2, -0.15) is 0 Å². The van der Waals surface area contributed by atoms with Gasteiger partial charge < -0.3 is 25.0 Å². The molecule has 1 aliphatic rings. The summed E-state index contributed by atoms with van der Waals surface area (Å²) in [6.07, 6.45) is 8.51. The zero-order valence-electron chi connectivity index (χ0n) is 37.6. The van der Waals surface area contributed by atoms with Crippen molar-refractivity contribution in [3.8, 4) is 0 Å². The van der Waals surface area contributed by atoms with Gasteiger partial charge in [0.1, 0.15) is 5.00 Å². The summed E-state index contributed by atoms with van der Waals surface area (Å²) in [4.78, 5) is 70.0. The highest BCUT2D eigenvalue weighted by Crippen LogP contribution is 2.39. The van der Waals surface area contributed by atoms with Crippen LogP contribution >= 0.6 is 11.3 Å². The molecule has 0 fully saturated rings. The fraction of sp³-hybridized carbons (Fsp3) is 0.460. The standard InChI is InChI=1S/C50H64N4O7S/c1-8-40(9-2)54(29-13-28-53(5)43(55)31-50(3,4)32-44(56)60-6)33-36-14-12-15-38(30-36)46(57)52-48-45(41-16-10-11-17-42(41)62-48)47(58)51-39-26-22-35(23-27-39)19-18-34-20-24-37(25-21-34)49(59)61-7/h12,14-15,20-27,30,40H,8-11,13,16-19,28-29,31-33H2,1-7H3,(H,51,58)(H,52,57). The van der Waals surface area contributed by atoms with Gasteiger partial charge in [0.15, 0.2) is 0 Å². The van der Waals surface area contributed by atoms with E-state index in [1.165, 1.54) is 25.6 Å². The van der Waals surface area contributed by atoms with Gasteiger partial charge in [-0.15, -0.1) is 11.3 Å². The number of nitrogens with zero attached hydrogens (tertiary/aromatic N) is 2. The van der Waals surface area contributed by atoms with Gasteiger partial charge in [0.25, 0.3) is 11.8 Å². The first-order valence-electron chi connectivity index (χ1n) is 21.9. The molecule has 3 amide bonds. The monoisotopic (exact) mass is 864 g/mol. The first-order valence-corrected chi connectivity index (χ1v) is 22.7. The molecule has 0 bridgehead atoms. The largest absolute Gasteiger partial charge is 0.469 e. The van der Waals surface area contributed by atoms with Gasteiger partial charge in [-0.3, -0.25) is 24.1 Å². The van der Waals surface area contributed by atoms with Crippen molar-refractivity contribution in [3.05, 3.63) is 117 Å². The van der Waals surface area contributed by atoms with E-state index in [1.54, 1.807) is 17.0 Å². The second-order valence-electron chi connectivity index (χ2n) is 17.1. The molecule has 5 rings (SSSR count). The van der Waals surface area contributed by atoms with E-state index in [0.717, 1.165) is 91.5 Å². The highest BCUT2D eigenvalue weighted by Gasteiger charge is 2.29. The van der Waals surface area contributed by atoms with Gasteiger partial charge in [0.05, 0.1) is 31.8 Å². The van der Waals surface area contributed by atoms with E-state index < -0.39 is 5.41 Å². The van der Waals surface area contributed by atoms with Gasteiger partial charge >= 0.3 is 11.9 Å². The number of rotatable bonds is 21. The second-order valence-corrected chi connectivity index (χ2v) is 18.2. The summed E-state index contributed by atoms with van der Waals surface area (Å²) in [6.45, 7) is 10.2. The molecule has 1 aromatic heterocycles. The third kappa shape index (κ3) is 13.3. The summed E-state index contributed by atoms with van der Waals surface area (Å²) in [7, 11) is 4.55. The van der Waals surface area contributed by atoms with E-state index >= 15 is 0 Å². The Bertz CT molecular complexity index is 2160. The van der Waals surface area contributed by atoms with Crippen LogP contribution < -0.4 is 10.6 Å². The van der Waals surface area contributed by atoms with Crippen molar-refractivity contribution in [1.82, 2.24) is 9.80 Å². The first-order chi connectivity index (χ1) is 29.7. The number of nitrogens with one attached hydrogen (secondary N) is 2. The smallest absolute Gasteiger partial charge is 0.337 e. The van der Waals surface area contributed by atoms with Gasteiger partial charge in [-0.05, 0) is 122 Å². The van der Waals surface area contributed by atoms with Crippen LogP contribution in [0.5, 0.6) is 0 Å². The van der Waals surface area contributed by atoms with Crippen molar-refractivity contribution in [2.24, 2.45) is 5.41 Å². The lowest BCUT2D eigenvalue weighted by Crippen LogP contribution is -2.38. The molecule has 3 aromatic carbocycles. The van der Waals surface area contributed by atoms with E-state index in [0.29, 0.717) is 46.5 Å². The Balaban J connectivity index is 1.21. The van der Waals surface area contributed by atoms with Crippen LogP contribution in [0.25, 0.3) is 0 Å². The molecule has 11 nitrogen and oxygen atoms in total. The summed E-state index contributed by atoms with van der Waals surface area (Å²) in [5.74, 6) is -1.16. The molecule has 332 valence electrons. The number of thiophene rings is 1. The number of esters is 2. The van der Waals surface area contributed by atoms with E-state index in [-0.39, 0.29) is 42.5 Å². The number of carbonyl (C=O) groups excluding carboxylic acids is 5. The quantitative estimate of drug-likeness (QED) is 0.0792. The van der Waals surface area contributed by atoms with E-state index in [2.05, 4.69) is 29.4 Å². The van der Waals surface area contributed by atoms with Crippen molar-refractivity contribution in [2.75, 3.05) is 45.0 Å². The number of fused-ring (bicyclic) bond motifs is 1. The van der Waals surface area contributed by atoms with Crippen molar-refractivity contribution < 1.29 is 33.4 Å². The van der Waals surface area contributed by atoms with Crippen LogP contribution in [0.4, 0.5) is 10.7 Å². The molecule has 1 heterocycles. The van der Waals surface area contributed by atoms with Crippen LogP contribution in [0, 0.1) is 5.41 Å². The first kappa shape index (κ1) is 47.7. The van der Waals surface area contributed by atoms with E-state index in [9.17, 15) is 24.0 Å². The molecular formula is C50H64N4O7S. The Morgan fingerprint density at radius 2 is 1.42 bits per heavy atom. The molecule has 2 N–H and O–H groups in total. The second kappa shape index (κ2) is 22.7. The number of hydrogen-bond acceptors (Lipinski definition) is 9. The number of benzene rings is 3. The van der Waals surface area contributed by atoms with Gasteiger partial charge in [0, 0.05) is 55.3 Å². The average molecular weight is 865 g/mol. The van der Waals surface area contributed by atoms with E-state index in [4.69, 9.17) is 9.47 Å². The summed E-state index contributed by atoms with van der Waals surface area (Å²) in [5, 5.41) is 6.81. The Hall–Kier alpha value is -5.33. The number of aryl methyl sites for hydroxylation is 3. The predicted molar refractivity (Wildman–Crippen MR) is 247 cm³/mol. The van der Waals surface area contributed by atoms with E-state index in [1.807, 2.05) is 81.6 Å². The number of hydrogen-bond donors (Lipinski definition) is 2. The Labute approximate surface area is 371 Å². The molecule has 0 saturated heterocycles. The molecule has 0 radical (unpaired) electrons. The van der Waals surface area contributed by atoms with Crippen LogP contribution in [-0.4, -0.2) is 79.9 Å². The third-order valence-electron chi connectivity index (χ3n) is 11.8. The Morgan fingerprint density at radius 1 is 0.758 bits per heavy atom. The Kier molecular flexibility index (Phi) is 17.4. The Morgan fingerprint density at radius 3 is 2.06 bits per heavy atom. The third-order valence-corrected chi connectivity index (χ3v) is 13.0. The molecule has 0 unspecified atom stereocenters. The lowest BCUT2D eigenvalue weighted by atomic mass is 9.85. The number of anilines is 2. The molecule has 12 heteroatoms. The number of carbonyl (C=O) groups is 5. The van der Waals surface area contributed by atoms with Crippen LogP contribution in [0.15, 0.2) is 72.8 Å². The lowest BCUT2D eigenvalue weighted by Gasteiger charge is -2.32. The fourth-order valence-corrected chi connectivity index (χ4v) is 9.46. The van der Waals surface area contributed by atoms with Crippen molar-refractivity contribution in [2.45, 2.75) is 111 Å². The summed E-state index contributed by atoms with van der Waals surface area (Å²) >= 11 is 1.50. The highest BCUT2D eigenvalue weighted by molar-refractivity contribution is 7.17. The minimum Gasteiger partial charge on any atom is -0.469 e. The topological polar surface area (TPSA) is 134 Å². The van der Waals surface area contributed by atoms with Crippen LogP contribution in [0.1, 0.15) is 131 Å². The molecule has 0 atom stereocenters. The normalized spacial score (nSPS) is 12.5. The minimum atomic E-state index is -0.492. The molecule has 62 heavy (non-hydrogen) atoms. The van der Waals surface area contributed by atoms with Crippen molar-refractivity contribution >= 4 is 51.7 Å². The highest BCUT2D eigenvalue weighted by atomic mass is 32.1. The average Bonchev–Trinajstić information content (AvgIpc) is 3.63. The summed E-state index contributed by atoms with van der Waals surface area (Å²) < 4.78 is 9.61. The maximum Gasteiger partial charge on any atom is 0.337 e. The fourth-order valence-electron chi connectivity index (χ4n) is 8.18. The van der Waals surface area contributed by atoms with Crippen molar-refractivity contribution in [3.63, 3.8) is 0 Å². The zero-order chi connectivity index (χ0) is 44.8. The molecule has 0 saturated carbocycles. The molecule has 0 aliphatic heterocycles. The van der Waals surface area contributed by atoms with Gasteiger partial charge in [-0.1, -0.05) is 64.1 Å². The summed E-state index contributed by atoms with van der Waals surface area (Å²) in [6, 6.07) is 23.3. The maximum atomic E-state index is 14.0. The van der Waals surface area contributed by atoms with Gasteiger partial charge in [0.2, 0.25) is 5.91 Å². The SMILES string of the molecule is CCC(CC)N(CCCN(C)C(=O)CC(C)(C)CC(=O)OC)Cc1cccc(C(=O)Nc2sc3c(c2C(=O)Nc2ccc(CCc4ccc(C(=O)OC)cc4)cc2)CCCC3)c1. The number of methoxy groups -OCH3 is 2. The maximum absolute atomic E-state index is 14.0. The number of amides is 3. The van der Waals surface area contributed by atoms with Crippen LogP contribution in [0.2, 0.25) is 0 Å². The predicted octanol–water partition coefficient (Wildman–Crippen LogP) is 9.52. The lowest BCUT2D eigenvalue weighted by molar-refractivity contribution is -0.143. The van der Waals surface area contributed by atoms with Gasteiger partial charge in [-0.25, -0.2) is 4.79 Å². The number of ether oxygens (including phenoxy) is 2. The molecular weight excluding hydrogens is 801 g/mol. The molecule has 0 spiro atoms. The zero-order valence-corrected chi connectivity index (χ0v) is 38.4. The summed E-state index contributed by atoms with van der Waals surface area (Å²) in [5.41, 5.74) is 6.07.